The van der Waals surface area contributed by atoms with Gasteiger partial charge in [0.1, 0.15) is 12.2 Å². The number of hydrogen-bond acceptors (Lipinski definition) is 2. The minimum Gasteiger partial charge on any atom is -0.384 e. The molecule has 0 aliphatic rings. The number of aliphatic hydroxyl groups excluding tert-OH is 2. The molecule has 0 amide bonds. The molecule has 0 aliphatic heterocycles. The Hall–Kier alpha value is -3.20. The van der Waals surface area contributed by atoms with Crippen molar-refractivity contribution in [2.75, 3.05) is 0 Å². The number of aliphatic hydroxyl groups is 2. The molecule has 2 heteroatoms. The summed E-state index contributed by atoms with van der Waals surface area (Å²) in [6, 6.07) is 35.2. The van der Waals surface area contributed by atoms with Crippen LogP contribution in [0.25, 0.3) is 11.1 Å². The molecule has 0 saturated carbocycles. The van der Waals surface area contributed by atoms with Crippen molar-refractivity contribution in [1.82, 2.24) is 0 Å². The van der Waals surface area contributed by atoms with Crippen LogP contribution in [0.2, 0.25) is 0 Å². The molecule has 4 aromatic carbocycles. The molecule has 0 unspecified atom stereocenters. The second-order valence-electron chi connectivity index (χ2n) is 6.87. The topological polar surface area (TPSA) is 40.5 Å². The zero-order chi connectivity index (χ0) is 19.3. The molecular formula is C26H22O2. The van der Waals surface area contributed by atoms with Crippen molar-refractivity contribution < 1.29 is 10.2 Å². The first-order valence-electron chi connectivity index (χ1n) is 9.39. The number of hydrogen-bond donors (Lipinski definition) is 2. The Morgan fingerprint density at radius 1 is 0.357 bits per heavy atom. The van der Waals surface area contributed by atoms with E-state index in [0.29, 0.717) is 0 Å². The second kappa shape index (κ2) is 8.22. The van der Waals surface area contributed by atoms with Gasteiger partial charge < -0.3 is 10.2 Å². The lowest BCUT2D eigenvalue weighted by atomic mass is 9.96. The van der Waals surface area contributed by atoms with Crippen LogP contribution in [-0.2, 0) is 0 Å². The Bertz CT molecular complexity index is 920. The molecule has 138 valence electrons. The minimum atomic E-state index is -0.626. The van der Waals surface area contributed by atoms with Crippen molar-refractivity contribution in [2.24, 2.45) is 0 Å². The zero-order valence-corrected chi connectivity index (χ0v) is 15.4. The lowest BCUT2D eigenvalue weighted by Crippen LogP contribution is -1.99. The van der Waals surface area contributed by atoms with E-state index in [1.807, 2.05) is 109 Å². The van der Waals surface area contributed by atoms with Gasteiger partial charge in [0.15, 0.2) is 0 Å². The first-order chi connectivity index (χ1) is 13.7. The van der Waals surface area contributed by atoms with Gasteiger partial charge >= 0.3 is 0 Å². The van der Waals surface area contributed by atoms with E-state index in [0.717, 1.165) is 33.4 Å². The maximum atomic E-state index is 10.5. The summed E-state index contributed by atoms with van der Waals surface area (Å²) in [5.41, 5.74) is 5.65. The van der Waals surface area contributed by atoms with E-state index in [4.69, 9.17) is 0 Å². The molecule has 4 rings (SSSR count). The van der Waals surface area contributed by atoms with Crippen molar-refractivity contribution in [3.05, 3.63) is 131 Å². The van der Waals surface area contributed by atoms with E-state index in [2.05, 4.69) is 0 Å². The summed E-state index contributed by atoms with van der Waals surface area (Å²) < 4.78 is 0. The van der Waals surface area contributed by atoms with Gasteiger partial charge in [0.25, 0.3) is 0 Å². The van der Waals surface area contributed by atoms with E-state index in [1.165, 1.54) is 0 Å². The van der Waals surface area contributed by atoms with Gasteiger partial charge in [-0.25, -0.2) is 0 Å². The summed E-state index contributed by atoms with van der Waals surface area (Å²) >= 11 is 0. The van der Waals surface area contributed by atoms with Gasteiger partial charge in [0, 0.05) is 0 Å². The summed E-state index contributed by atoms with van der Waals surface area (Å²) in [5, 5.41) is 21.1. The Kier molecular flexibility index (Phi) is 5.34. The van der Waals surface area contributed by atoms with Crippen LogP contribution in [0.5, 0.6) is 0 Å². The van der Waals surface area contributed by atoms with E-state index in [1.54, 1.807) is 0 Å². The summed E-state index contributed by atoms with van der Waals surface area (Å²) in [5.74, 6) is 0. The van der Waals surface area contributed by atoms with Gasteiger partial charge in [-0.3, -0.25) is 0 Å². The summed E-state index contributed by atoms with van der Waals surface area (Å²) in [6.45, 7) is 0. The van der Waals surface area contributed by atoms with Crippen molar-refractivity contribution in [3.63, 3.8) is 0 Å². The molecule has 0 bridgehead atoms. The van der Waals surface area contributed by atoms with Gasteiger partial charge in [-0.1, -0.05) is 109 Å². The van der Waals surface area contributed by atoms with E-state index < -0.39 is 12.2 Å². The lowest BCUT2D eigenvalue weighted by Gasteiger charge is -2.13. The van der Waals surface area contributed by atoms with Gasteiger partial charge in [-0.15, -0.1) is 0 Å². The van der Waals surface area contributed by atoms with Crippen LogP contribution in [0.1, 0.15) is 34.5 Å². The summed E-state index contributed by atoms with van der Waals surface area (Å²) in [7, 11) is 0. The number of rotatable bonds is 5. The van der Waals surface area contributed by atoms with Crippen LogP contribution in [0, 0.1) is 0 Å². The van der Waals surface area contributed by atoms with Crippen LogP contribution >= 0.6 is 0 Å². The second-order valence-corrected chi connectivity index (χ2v) is 6.87. The average molecular weight is 366 g/mol. The molecule has 2 atom stereocenters. The van der Waals surface area contributed by atoms with Crippen molar-refractivity contribution in [3.8, 4) is 11.1 Å². The predicted octanol–water partition coefficient (Wildman–Crippen LogP) is 5.52. The Labute approximate surface area is 165 Å². The third kappa shape index (κ3) is 3.89. The minimum absolute atomic E-state index is 0.626. The molecule has 0 saturated heterocycles. The molecule has 0 fully saturated rings. The Balaban J connectivity index is 1.52. The Morgan fingerprint density at radius 3 is 0.964 bits per heavy atom. The normalized spacial score (nSPS) is 13.1. The van der Waals surface area contributed by atoms with Crippen LogP contribution in [-0.4, -0.2) is 10.2 Å². The highest BCUT2D eigenvalue weighted by Gasteiger charge is 2.11. The maximum Gasteiger partial charge on any atom is 0.104 e. The fraction of sp³-hybridized carbons (Fsp3) is 0.0769. The average Bonchev–Trinajstić information content (AvgIpc) is 2.79. The molecule has 0 aromatic heterocycles. The third-order valence-corrected chi connectivity index (χ3v) is 5.02. The van der Waals surface area contributed by atoms with Crippen molar-refractivity contribution in [2.45, 2.75) is 12.2 Å². The van der Waals surface area contributed by atoms with E-state index in [9.17, 15) is 10.2 Å². The zero-order valence-electron chi connectivity index (χ0n) is 15.4. The largest absolute Gasteiger partial charge is 0.384 e. The van der Waals surface area contributed by atoms with Gasteiger partial charge in [-0.2, -0.15) is 0 Å². The molecule has 28 heavy (non-hydrogen) atoms. The molecule has 2 N–H and O–H groups in total. The first-order valence-corrected chi connectivity index (χ1v) is 9.39. The first kappa shape index (κ1) is 18.2. The van der Waals surface area contributed by atoms with Crippen LogP contribution in [0.3, 0.4) is 0 Å². The monoisotopic (exact) mass is 366 g/mol. The number of benzene rings is 4. The highest BCUT2D eigenvalue weighted by atomic mass is 16.3. The highest BCUT2D eigenvalue weighted by Crippen LogP contribution is 2.28. The fourth-order valence-electron chi connectivity index (χ4n) is 3.37. The van der Waals surface area contributed by atoms with Crippen LogP contribution < -0.4 is 0 Å². The molecule has 0 radical (unpaired) electrons. The highest BCUT2D eigenvalue weighted by molar-refractivity contribution is 5.64. The smallest absolute Gasteiger partial charge is 0.104 e. The van der Waals surface area contributed by atoms with E-state index in [-0.39, 0.29) is 0 Å². The molecular weight excluding hydrogens is 344 g/mol. The van der Waals surface area contributed by atoms with E-state index >= 15 is 0 Å². The van der Waals surface area contributed by atoms with Crippen LogP contribution in [0.4, 0.5) is 0 Å². The fourth-order valence-corrected chi connectivity index (χ4v) is 3.37. The quantitative estimate of drug-likeness (QED) is 0.488. The molecule has 0 spiro atoms. The molecule has 2 nitrogen and oxygen atoms in total. The maximum absolute atomic E-state index is 10.5. The van der Waals surface area contributed by atoms with Crippen molar-refractivity contribution >= 4 is 0 Å². The molecule has 0 heterocycles. The molecule has 4 aromatic rings. The lowest BCUT2D eigenvalue weighted by molar-refractivity contribution is 0.220. The van der Waals surface area contributed by atoms with Gasteiger partial charge in [0.2, 0.25) is 0 Å². The van der Waals surface area contributed by atoms with Gasteiger partial charge in [-0.05, 0) is 33.4 Å². The van der Waals surface area contributed by atoms with Crippen molar-refractivity contribution in [1.29, 1.82) is 0 Å². The Morgan fingerprint density at radius 2 is 0.643 bits per heavy atom. The van der Waals surface area contributed by atoms with Gasteiger partial charge in [0.05, 0.1) is 0 Å². The SMILES string of the molecule is O[C@H](c1ccccc1)c1ccc(-c2ccc([C@H](O)c3ccccc3)cc2)cc1. The van der Waals surface area contributed by atoms with Crippen LogP contribution in [0.15, 0.2) is 109 Å². The third-order valence-electron chi connectivity index (χ3n) is 5.02. The predicted molar refractivity (Wildman–Crippen MR) is 113 cm³/mol. The summed E-state index contributed by atoms with van der Waals surface area (Å²) in [6.07, 6.45) is -1.25. The molecule has 0 aliphatic carbocycles. The standard InChI is InChI=1S/C26H22O2/c27-25(21-7-3-1-4-8-21)23-15-11-19(12-16-23)20-13-17-24(18-14-20)26(28)22-9-5-2-6-10-22/h1-18,25-28H/t25-,26-/m1/s1. The summed E-state index contributed by atoms with van der Waals surface area (Å²) in [4.78, 5) is 0.